The number of piperazine rings is 1. The molecule has 0 bridgehead atoms. The van der Waals surface area contributed by atoms with Crippen LogP contribution in [-0.2, 0) is 12.6 Å². The van der Waals surface area contributed by atoms with Gasteiger partial charge in [0.05, 0.1) is 0 Å². The molecule has 3 aromatic heterocycles. The fourth-order valence-corrected chi connectivity index (χ4v) is 6.22. The highest BCUT2D eigenvalue weighted by Crippen LogP contribution is 2.37. The van der Waals surface area contributed by atoms with E-state index in [2.05, 4.69) is 36.9 Å². The smallest absolute Gasteiger partial charge is 0.423 e. The van der Waals surface area contributed by atoms with Crippen LogP contribution >= 0.6 is 0 Å². The van der Waals surface area contributed by atoms with E-state index in [-0.39, 0.29) is 12.4 Å². The summed E-state index contributed by atoms with van der Waals surface area (Å²) in [6.45, 7) is 5.72. The Balaban J connectivity index is 0.981. The lowest BCUT2D eigenvalue weighted by molar-refractivity contribution is -0.141. The van der Waals surface area contributed by atoms with E-state index in [4.69, 9.17) is 8.83 Å². The van der Waals surface area contributed by atoms with Crippen LogP contribution in [0.15, 0.2) is 75.7 Å². The van der Waals surface area contributed by atoms with Gasteiger partial charge in [0.1, 0.15) is 11.3 Å². The number of rotatable bonds is 7. The number of Topliss-reactive ketones (excluding diaryl/α,β-unsaturated/α-hetero) is 1. The minimum atomic E-state index is -4.82. The van der Waals surface area contributed by atoms with Crippen molar-refractivity contribution in [1.29, 1.82) is 0 Å². The molecule has 238 valence electrons. The summed E-state index contributed by atoms with van der Waals surface area (Å²) in [6.07, 6.45) is -2.08. The van der Waals surface area contributed by atoms with Gasteiger partial charge in [0.25, 0.3) is 12.0 Å². The second kappa shape index (κ2) is 12.1. The number of piperidine rings is 1. The molecule has 5 heterocycles. The second-order valence-corrected chi connectivity index (χ2v) is 11.9. The molecule has 2 aromatic carbocycles. The van der Waals surface area contributed by atoms with Crippen LogP contribution in [0.25, 0.3) is 11.1 Å². The molecule has 5 aromatic rings. The summed E-state index contributed by atoms with van der Waals surface area (Å²) in [4.78, 5) is 31.9. The molecule has 7 rings (SSSR count). The number of aryl methyl sites for hydroxylation is 1. The number of aromatic nitrogens is 3. The zero-order chi connectivity index (χ0) is 31.8. The van der Waals surface area contributed by atoms with Crippen molar-refractivity contribution in [2.75, 3.05) is 54.0 Å². The van der Waals surface area contributed by atoms with Crippen LogP contribution in [0.5, 0.6) is 0 Å². The third-order valence-electron chi connectivity index (χ3n) is 8.75. The summed E-state index contributed by atoms with van der Waals surface area (Å²) < 4.78 is 53.3. The van der Waals surface area contributed by atoms with Crippen LogP contribution < -0.4 is 14.7 Å². The van der Waals surface area contributed by atoms with E-state index < -0.39 is 23.4 Å². The Morgan fingerprint density at radius 1 is 0.848 bits per heavy atom. The molecule has 2 aliphatic rings. The number of anilines is 3. The minimum absolute atomic E-state index is 0.164. The Labute approximate surface area is 263 Å². The molecule has 12 heteroatoms. The molecule has 2 aliphatic heterocycles. The SMILES string of the molecule is Cc1ccc2oc(N3CCN(c4ccc(CC(=O)c5oc(N6CCC(c7ccccc7)CC6)nc5C(F)(F)F)cn4)CC3)nc2c1. The molecule has 9 nitrogen and oxygen atoms in total. The quantitative estimate of drug-likeness (QED) is 0.183. The molecular formula is C34H33F3N6O3. The van der Waals surface area contributed by atoms with Crippen LogP contribution in [0.1, 0.15) is 51.7 Å². The van der Waals surface area contributed by atoms with Crippen molar-refractivity contribution in [3.8, 4) is 0 Å². The first-order valence-corrected chi connectivity index (χ1v) is 15.4. The van der Waals surface area contributed by atoms with Crippen molar-refractivity contribution >= 4 is 34.7 Å². The number of carbonyl (C=O) groups is 1. The van der Waals surface area contributed by atoms with E-state index >= 15 is 0 Å². The average Bonchev–Trinajstić information content (AvgIpc) is 3.71. The highest BCUT2D eigenvalue weighted by molar-refractivity contribution is 5.96. The summed E-state index contributed by atoms with van der Waals surface area (Å²) in [5.41, 5.74) is 3.12. The summed E-state index contributed by atoms with van der Waals surface area (Å²) in [6, 6.07) is 19.9. The first kappa shape index (κ1) is 29.8. The summed E-state index contributed by atoms with van der Waals surface area (Å²) in [5, 5.41) is 0. The van der Waals surface area contributed by atoms with Crippen LogP contribution in [0, 0.1) is 6.92 Å². The third-order valence-corrected chi connectivity index (χ3v) is 8.75. The van der Waals surface area contributed by atoms with Gasteiger partial charge in [-0.25, -0.2) is 4.98 Å². The van der Waals surface area contributed by atoms with Crippen molar-refractivity contribution < 1.29 is 26.8 Å². The lowest BCUT2D eigenvalue weighted by Crippen LogP contribution is -2.47. The molecule has 0 saturated carbocycles. The Morgan fingerprint density at radius 2 is 1.54 bits per heavy atom. The van der Waals surface area contributed by atoms with E-state index in [9.17, 15) is 18.0 Å². The molecule has 0 N–H and O–H groups in total. The predicted octanol–water partition coefficient (Wildman–Crippen LogP) is 6.67. The first-order valence-electron chi connectivity index (χ1n) is 15.4. The molecule has 0 unspecified atom stereocenters. The summed E-state index contributed by atoms with van der Waals surface area (Å²) in [7, 11) is 0. The number of hydrogen-bond acceptors (Lipinski definition) is 9. The van der Waals surface area contributed by atoms with E-state index in [0.29, 0.717) is 56.8 Å². The fourth-order valence-electron chi connectivity index (χ4n) is 6.22. The van der Waals surface area contributed by atoms with Gasteiger partial charge in [0, 0.05) is 51.9 Å². The lowest BCUT2D eigenvalue weighted by Gasteiger charge is -2.34. The molecule has 0 atom stereocenters. The van der Waals surface area contributed by atoms with Crippen molar-refractivity contribution in [3.05, 3.63) is 95.0 Å². The number of carbonyl (C=O) groups excluding carboxylic acids is 1. The monoisotopic (exact) mass is 630 g/mol. The average molecular weight is 631 g/mol. The molecule has 2 fully saturated rings. The van der Waals surface area contributed by atoms with E-state index in [1.54, 1.807) is 17.0 Å². The Morgan fingerprint density at radius 3 is 2.24 bits per heavy atom. The number of ketones is 1. The molecule has 0 amide bonds. The maximum atomic E-state index is 14.0. The van der Waals surface area contributed by atoms with E-state index in [1.807, 2.05) is 43.3 Å². The zero-order valence-corrected chi connectivity index (χ0v) is 25.3. The molecule has 0 aliphatic carbocycles. The van der Waals surface area contributed by atoms with Crippen molar-refractivity contribution in [2.24, 2.45) is 0 Å². The van der Waals surface area contributed by atoms with Crippen LogP contribution in [-0.4, -0.2) is 60.0 Å². The topological polar surface area (TPSA) is 91.7 Å². The maximum Gasteiger partial charge on any atom is 0.437 e. The number of hydrogen-bond donors (Lipinski definition) is 0. The normalized spacial score (nSPS) is 16.4. The Bertz CT molecular complexity index is 1820. The van der Waals surface area contributed by atoms with Gasteiger partial charge in [-0.3, -0.25) is 4.79 Å². The first-order chi connectivity index (χ1) is 22.2. The van der Waals surface area contributed by atoms with Crippen molar-refractivity contribution in [2.45, 2.75) is 38.3 Å². The van der Waals surface area contributed by atoms with Crippen molar-refractivity contribution in [1.82, 2.24) is 15.0 Å². The standard InChI is InChI=1S/C34H33F3N6O3/c1-22-7-9-28-26(19-22)39-32(45-28)43-17-15-41(16-18-43)29-10-8-23(21-38-29)20-27(44)30-31(34(35,36)37)40-33(46-30)42-13-11-25(12-14-42)24-5-3-2-4-6-24/h2-10,19,21,25H,11-18,20H2,1H3. The maximum absolute atomic E-state index is 14.0. The molecular weight excluding hydrogens is 597 g/mol. The van der Waals surface area contributed by atoms with Gasteiger partial charge in [0.2, 0.25) is 11.5 Å². The zero-order valence-electron chi connectivity index (χ0n) is 25.3. The number of benzene rings is 2. The number of fused-ring (bicyclic) bond motifs is 1. The van der Waals surface area contributed by atoms with Crippen molar-refractivity contribution in [3.63, 3.8) is 0 Å². The second-order valence-electron chi connectivity index (χ2n) is 11.9. The van der Waals surface area contributed by atoms with Gasteiger partial charge < -0.3 is 23.5 Å². The highest BCUT2D eigenvalue weighted by Gasteiger charge is 2.42. The van der Waals surface area contributed by atoms with Gasteiger partial charge >= 0.3 is 6.18 Å². The number of nitrogens with zero attached hydrogens (tertiary/aromatic N) is 6. The molecule has 0 spiro atoms. The number of pyridine rings is 1. The Kier molecular flexibility index (Phi) is 7.87. The molecule has 46 heavy (non-hydrogen) atoms. The van der Waals surface area contributed by atoms with Crippen LogP contribution in [0.2, 0.25) is 0 Å². The van der Waals surface area contributed by atoms with Gasteiger partial charge in [-0.2, -0.15) is 23.1 Å². The molecule has 0 radical (unpaired) electrons. The summed E-state index contributed by atoms with van der Waals surface area (Å²) in [5.74, 6) is -0.516. The number of oxazole rings is 2. The van der Waals surface area contributed by atoms with Crippen LogP contribution in [0.3, 0.4) is 0 Å². The Hall–Kier alpha value is -4.87. The van der Waals surface area contributed by atoms with E-state index in [1.165, 1.54) is 11.8 Å². The number of alkyl halides is 3. The van der Waals surface area contributed by atoms with Gasteiger partial charge in [-0.1, -0.05) is 42.5 Å². The third kappa shape index (κ3) is 6.16. The van der Waals surface area contributed by atoms with Crippen LogP contribution in [0.4, 0.5) is 31.0 Å². The van der Waals surface area contributed by atoms with Gasteiger partial charge in [-0.15, -0.1) is 0 Å². The van der Waals surface area contributed by atoms with Gasteiger partial charge in [-0.05, 0) is 60.6 Å². The summed E-state index contributed by atoms with van der Waals surface area (Å²) >= 11 is 0. The fraction of sp³-hybridized carbons (Fsp3) is 0.353. The highest BCUT2D eigenvalue weighted by atomic mass is 19.4. The largest absolute Gasteiger partial charge is 0.437 e. The van der Waals surface area contributed by atoms with Gasteiger partial charge in [0.15, 0.2) is 11.3 Å². The van der Waals surface area contributed by atoms with E-state index in [0.717, 1.165) is 35.3 Å². The lowest BCUT2D eigenvalue weighted by atomic mass is 9.90. The molecule has 2 saturated heterocycles. The minimum Gasteiger partial charge on any atom is -0.423 e. The number of halogens is 3. The predicted molar refractivity (Wildman–Crippen MR) is 168 cm³/mol.